The largest absolute Gasteiger partial charge is 0.335 e. The number of hydrogen-bond donors (Lipinski definition) is 1. The molecular formula is C23H24N4O2. The van der Waals surface area contributed by atoms with Crippen LogP contribution < -0.4 is 5.56 Å². The number of aryl methyl sites for hydroxylation is 1. The predicted octanol–water partition coefficient (Wildman–Crippen LogP) is 2.24. The highest BCUT2D eigenvalue weighted by Crippen LogP contribution is 2.25. The van der Waals surface area contributed by atoms with Crippen molar-refractivity contribution in [3.05, 3.63) is 75.7 Å². The van der Waals surface area contributed by atoms with Crippen molar-refractivity contribution in [1.29, 1.82) is 0 Å². The molecule has 1 aliphatic heterocycles. The van der Waals surface area contributed by atoms with Gasteiger partial charge in [-0.25, -0.2) is 5.10 Å². The first-order chi connectivity index (χ1) is 14.2. The fourth-order valence-corrected chi connectivity index (χ4v) is 4.71. The van der Waals surface area contributed by atoms with E-state index in [0.717, 1.165) is 25.9 Å². The van der Waals surface area contributed by atoms with Crippen LogP contribution >= 0.6 is 0 Å². The van der Waals surface area contributed by atoms with Crippen molar-refractivity contribution in [3.8, 4) is 0 Å². The topological polar surface area (TPSA) is 69.3 Å². The molecule has 1 saturated heterocycles. The van der Waals surface area contributed by atoms with E-state index in [0.29, 0.717) is 35.6 Å². The summed E-state index contributed by atoms with van der Waals surface area (Å²) in [6, 6.07) is 16.4. The van der Waals surface area contributed by atoms with E-state index in [1.165, 1.54) is 17.5 Å². The van der Waals surface area contributed by atoms with Crippen molar-refractivity contribution >= 4 is 16.7 Å². The molecule has 2 aliphatic rings. The molecule has 148 valence electrons. The number of aromatic nitrogens is 2. The van der Waals surface area contributed by atoms with E-state index in [-0.39, 0.29) is 11.5 Å². The minimum Gasteiger partial charge on any atom is -0.335 e. The Kier molecular flexibility index (Phi) is 4.64. The number of carbonyl (C=O) groups excluding carboxylic acids is 1. The van der Waals surface area contributed by atoms with Crippen LogP contribution in [0, 0.1) is 0 Å². The molecule has 6 heteroatoms. The fraction of sp³-hybridized carbons (Fsp3) is 0.348. The second-order valence-corrected chi connectivity index (χ2v) is 7.94. The molecule has 5 rings (SSSR count). The average molecular weight is 388 g/mol. The van der Waals surface area contributed by atoms with Crippen molar-refractivity contribution in [2.45, 2.75) is 25.3 Å². The summed E-state index contributed by atoms with van der Waals surface area (Å²) in [6.07, 6.45) is 3.40. The Hall–Kier alpha value is -2.99. The molecule has 0 saturated carbocycles. The highest BCUT2D eigenvalue weighted by Gasteiger charge is 2.30. The zero-order valence-electron chi connectivity index (χ0n) is 16.3. The van der Waals surface area contributed by atoms with Crippen molar-refractivity contribution in [1.82, 2.24) is 20.0 Å². The molecule has 2 aromatic carbocycles. The van der Waals surface area contributed by atoms with E-state index < -0.39 is 0 Å². The molecule has 29 heavy (non-hydrogen) atoms. The molecule has 6 nitrogen and oxygen atoms in total. The zero-order chi connectivity index (χ0) is 19.8. The Labute approximate surface area is 169 Å². The van der Waals surface area contributed by atoms with Crippen LogP contribution in [0.1, 0.15) is 28.0 Å². The summed E-state index contributed by atoms with van der Waals surface area (Å²) in [5, 5.41) is 7.67. The van der Waals surface area contributed by atoms with Gasteiger partial charge in [0.1, 0.15) is 0 Å². The smallest absolute Gasteiger partial charge is 0.275 e. The van der Waals surface area contributed by atoms with Crippen molar-refractivity contribution < 1.29 is 4.79 Å². The zero-order valence-corrected chi connectivity index (χ0v) is 16.3. The van der Waals surface area contributed by atoms with Gasteiger partial charge in [-0.15, -0.1) is 0 Å². The normalized spacial score (nSPS) is 19.9. The molecule has 3 aromatic rings. The summed E-state index contributed by atoms with van der Waals surface area (Å²) < 4.78 is 0. The van der Waals surface area contributed by atoms with E-state index in [4.69, 9.17) is 0 Å². The van der Waals surface area contributed by atoms with Crippen LogP contribution in [0.2, 0.25) is 0 Å². The molecule has 1 amide bonds. The van der Waals surface area contributed by atoms with Gasteiger partial charge < -0.3 is 4.90 Å². The van der Waals surface area contributed by atoms with Gasteiger partial charge in [-0.05, 0) is 36.5 Å². The van der Waals surface area contributed by atoms with Gasteiger partial charge in [0.2, 0.25) is 0 Å². The highest BCUT2D eigenvalue weighted by molar-refractivity contribution is 6.04. The first kappa shape index (κ1) is 18.1. The summed E-state index contributed by atoms with van der Waals surface area (Å²) in [7, 11) is 0. The lowest BCUT2D eigenvalue weighted by atomic mass is 9.87. The van der Waals surface area contributed by atoms with Crippen LogP contribution in [0.25, 0.3) is 10.8 Å². The van der Waals surface area contributed by atoms with Gasteiger partial charge in [0.25, 0.3) is 11.5 Å². The lowest BCUT2D eigenvalue weighted by Gasteiger charge is -2.41. The maximum Gasteiger partial charge on any atom is 0.275 e. The van der Waals surface area contributed by atoms with Crippen LogP contribution in [-0.2, 0) is 12.8 Å². The lowest BCUT2D eigenvalue weighted by Crippen LogP contribution is -2.53. The second kappa shape index (κ2) is 7.44. The van der Waals surface area contributed by atoms with Crippen LogP contribution in [-0.4, -0.2) is 58.1 Å². The quantitative estimate of drug-likeness (QED) is 0.731. The number of benzene rings is 2. The number of aromatic amines is 1. The monoisotopic (exact) mass is 388 g/mol. The summed E-state index contributed by atoms with van der Waals surface area (Å²) in [5.41, 5.74) is 3.01. The molecular weight excluding hydrogens is 364 g/mol. The van der Waals surface area contributed by atoms with Gasteiger partial charge in [-0.3, -0.25) is 14.5 Å². The van der Waals surface area contributed by atoms with E-state index in [1.807, 2.05) is 11.0 Å². The standard InChI is InChI=1S/C23H24N4O2/c28-22-20-8-4-3-7-19(20)21(24-25-22)23(29)27-13-11-26(12-14-27)18-10-9-16-5-1-2-6-17(16)15-18/h1-8,18H,9-15H2,(H,25,28). The van der Waals surface area contributed by atoms with E-state index in [9.17, 15) is 9.59 Å². The Balaban J connectivity index is 1.29. The summed E-state index contributed by atoms with van der Waals surface area (Å²) >= 11 is 0. The minimum absolute atomic E-state index is 0.105. The van der Waals surface area contributed by atoms with Crippen LogP contribution in [0.4, 0.5) is 0 Å². The third-order valence-corrected chi connectivity index (χ3v) is 6.34. The second-order valence-electron chi connectivity index (χ2n) is 7.94. The van der Waals surface area contributed by atoms with Crippen LogP contribution in [0.5, 0.6) is 0 Å². The molecule has 1 atom stereocenters. The summed E-state index contributed by atoms with van der Waals surface area (Å²) in [6.45, 7) is 3.12. The first-order valence-corrected chi connectivity index (χ1v) is 10.3. The number of nitrogens with one attached hydrogen (secondary N) is 1. The van der Waals surface area contributed by atoms with E-state index in [2.05, 4.69) is 39.4 Å². The number of carbonyl (C=O) groups is 1. The van der Waals surface area contributed by atoms with Crippen LogP contribution in [0.3, 0.4) is 0 Å². The Bertz CT molecular complexity index is 1120. The molecule has 0 bridgehead atoms. The third kappa shape index (κ3) is 3.34. The number of H-pyrrole nitrogens is 1. The number of rotatable bonds is 2. The number of fused-ring (bicyclic) bond motifs is 2. The van der Waals surface area contributed by atoms with E-state index >= 15 is 0 Å². The van der Waals surface area contributed by atoms with Crippen LogP contribution in [0.15, 0.2) is 53.3 Å². The predicted molar refractivity (Wildman–Crippen MR) is 112 cm³/mol. The molecule has 1 aliphatic carbocycles. The average Bonchev–Trinajstić information content (AvgIpc) is 2.79. The lowest BCUT2D eigenvalue weighted by molar-refractivity contribution is 0.0548. The maximum atomic E-state index is 13.1. The van der Waals surface area contributed by atoms with Gasteiger partial charge in [-0.2, -0.15) is 5.10 Å². The molecule has 0 spiro atoms. The van der Waals surface area contributed by atoms with Gasteiger partial charge in [0, 0.05) is 37.6 Å². The maximum absolute atomic E-state index is 13.1. The first-order valence-electron chi connectivity index (χ1n) is 10.3. The number of amides is 1. The number of nitrogens with zero attached hydrogens (tertiary/aromatic N) is 3. The number of hydrogen-bond acceptors (Lipinski definition) is 4. The van der Waals surface area contributed by atoms with Gasteiger partial charge in [0.15, 0.2) is 5.69 Å². The third-order valence-electron chi connectivity index (χ3n) is 6.34. The Morgan fingerprint density at radius 2 is 1.62 bits per heavy atom. The fourth-order valence-electron chi connectivity index (χ4n) is 4.71. The van der Waals surface area contributed by atoms with Crippen molar-refractivity contribution in [3.63, 3.8) is 0 Å². The van der Waals surface area contributed by atoms with E-state index in [1.54, 1.807) is 18.2 Å². The van der Waals surface area contributed by atoms with Gasteiger partial charge in [-0.1, -0.05) is 42.5 Å². The summed E-state index contributed by atoms with van der Waals surface area (Å²) in [5.74, 6) is -0.105. The Morgan fingerprint density at radius 1 is 0.931 bits per heavy atom. The van der Waals surface area contributed by atoms with Crippen molar-refractivity contribution in [2.75, 3.05) is 26.2 Å². The SMILES string of the molecule is O=C(c1n[nH]c(=O)c2ccccc12)N1CCN(C2CCc3ccccc3C2)CC1. The Morgan fingerprint density at radius 3 is 2.41 bits per heavy atom. The van der Waals surface area contributed by atoms with Gasteiger partial charge in [0.05, 0.1) is 5.39 Å². The molecule has 1 N–H and O–H groups in total. The molecule has 1 unspecified atom stereocenters. The molecule has 1 fully saturated rings. The van der Waals surface area contributed by atoms with Crippen molar-refractivity contribution in [2.24, 2.45) is 0 Å². The molecule has 1 aromatic heterocycles. The summed E-state index contributed by atoms with van der Waals surface area (Å²) in [4.78, 5) is 29.5. The molecule has 0 radical (unpaired) electrons. The van der Waals surface area contributed by atoms with Gasteiger partial charge >= 0.3 is 0 Å². The highest BCUT2D eigenvalue weighted by atomic mass is 16.2. The number of piperazine rings is 1. The molecule has 2 heterocycles. The minimum atomic E-state index is -0.264.